The van der Waals surface area contributed by atoms with Crippen LogP contribution in [-0.4, -0.2) is 50.7 Å². The number of rotatable bonds is 3. The fourth-order valence-corrected chi connectivity index (χ4v) is 3.33. The summed E-state index contributed by atoms with van der Waals surface area (Å²) in [4.78, 5) is 22.4. The summed E-state index contributed by atoms with van der Waals surface area (Å²) in [5, 5.41) is 9.72. The molecule has 0 spiro atoms. The first-order valence-corrected chi connectivity index (χ1v) is 8.86. The molecule has 134 valence electrons. The lowest BCUT2D eigenvalue weighted by Crippen LogP contribution is -2.52. The van der Waals surface area contributed by atoms with Gasteiger partial charge >= 0.3 is 0 Å². The van der Waals surface area contributed by atoms with Gasteiger partial charge in [0.2, 0.25) is 0 Å². The van der Waals surface area contributed by atoms with Crippen LogP contribution in [0.3, 0.4) is 0 Å². The maximum Gasteiger partial charge on any atom is 0.158 e. The van der Waals surface area contributed by atoms with Crippen LogP contribution < -0.4 is 9.80 Å². The lowest BCUT2D eigenvalue weighted by Gasteiger charge is -2.41. The lowest BCUT2D eigenvalue weighted by atomic mass is 10.2. The molecule has 0 saturated carbocycles. The molecule has 1 N–H and O–H groups in total. The van der Waals surface area contributed by atoms with Crippen molar-refractivity contribution < 1.29 is 5.11 Å². The minimum absolute atomic E-state index is 0.258. The van der Waals surface area contributed by atoms with Crippen LogP contribution in [0.15, 0.2) is 42.7 Å². The van der Waals surface area contributed by atoms with Crippen LogP contribution in [-0.2, 0) is 0 Å². The molecule has 1 aliphatic rings. The highest BCUT2D eigenvalue weighted by molar-refractivity contribution is 5.75. The number of hydrogen-bond acceptors (Lipinski definition) is 7. The second-order valence-corrected chi connectivity index (χ2v) is 6.65. The van der Waals surface area contributed by atoms with Gasteiger partial charge in [0.1, 0.15) is 17.7 Å². The molecule has 2 atom stereocenters. The molecule has 0 radical (unpaired) electrons. The summed E-state index contributed by atoms with van der Waals surface area (Å²) in [6, 6.07) is 10.1. The molecule has 3 aromatic rings. The van der Waals surface area contributed by atoms with Crippen LogP contribution in [0.25, 0.3) is 11.0 Å². The Morgan fingerprint density at radius 1 is 1.04 bits per heavy atom. The Bertz CT molecular complexity index is 915. The molecule has 0 amide bonds. The smallest absolute Gasteiger partial charge is 0.158 e. The predicted molar refractivity (Wildman–Crippen MR) is 101 cm³/mol. The number of nitrogens with zero attached hydrogens (tertiary/aromatic N) is 6. The Hall–Kier alpha value is -2.80. The van der Waals surface area contributed by atoms with Gasteiger partial charge in [-0.05, 0) is 32.0 Å². The van der Waals surface area contributed by atoms with Crippen molar-refractivity contribution in [3.8, 4) is 0 Å². The zero-order chi connectivity index (χ0) is 18.1. The van der Waals surface area contributed by atoms with E-state index in [0.29, 0.717) is 5.82 Å². The van der Waals surface area contributed by atoms with E-state index in [1.165, 1.54) is 0 Å². The molecule has 2 unspecified atom stereocenters. The van der Waals surface area contributed by atoms with E-state index in [2.05, 4.69) is 31.7 Å². The summed E-state index contributed by atoms with van der Waals surface area (Å²) in [7, 11) is 0. The van der Waals surface area contributed by atoms with Gasteiger partial charge in [-0.1, -0.05) is 12.1 Å². The number of piperazine rings is 1. The molecule has 1 fully saturated rings. The monoisotopic (exact) mass is 350 g/mol. The van der Waals surface area contributed by atoms with Crippen molar-refractivity contribution in [2.45, 2.75) is 26.0 Å². The van der Waals surface area contributed by atoms with E-state index in [4.69, 9.17) is 4.98 Å². The average molecular weight is 350 g/mol. The highest BCUT2D eigenvalue weighted by Gasteiger charge is 2.26. The van der Waals surface area contributed by atoms with Gasteiger partial charge in [-0.15, -0.1) is 0 Å². The Balaban J connectivity index is 1.53. The number of aliphatic hydroxyl groups is 1. The van der Waals surface area contributed by atoms with Crippen LogP contribution in [0.4, 0.5) is 11.6 Å². The van der Waals surface area contributed by atoms with Gasteiger partial charge in [0.15, 0.2) is 5.82 Å². The van der Waals surface area contributed by atoms with Gasteiger partial charge in [0, 0.05) is 31.9 Å². The molecule has 1 aliphatic heterocycles. The van der Waals surface area contributed by atoms with Gasteiger partial charge in [0.25, 0.3) is 0 Å². The molecule has 7 heteroatoms. The third-order valence-electron chi connectivity index (χ3n) is 4.71. The Labute approximate surface area is 152 Å². The van der Waals surface area contributed by atoms with Gasteiger partial charge in [-0.25, -0.2) is 15.0 Å². The fourth-order valence-electron chi connectivity index (χ4n) is 3.33. The normalized spacial score (nSPS) is 19.0. The standard InChI is InChI=1S/C19H22N6O/c1-13-12-24(18-11-21-15-5-3-4-6-16(15)22-18)9-10-25(13)17-7-8-20-19(23-17)14(2)26/h3-8,11,13-14,26H,9-10,12H2,1-2H3. The first-order chi connectivity index (χ1) is 12.6. The SMILES string of the molecule is CC(O)c1nccc(N2CCN(c3cnc4ccccc4n3)CC2C)n1. The van der Waals surface area contributed by atoms with Crippen LogP contribution >= 0.6 is 0 Å². The van der Waals surface area contributed by atoms with E-state index in [1.54, 1.807) is 13.1 Å². The van der Waals surface area contributed by atoms with Crippen LogP contribution in [0.1, 0.15) is 25.8 Å². The second kappa shape index (κ2) is 6.84. The number of benzene rings is 1. The highest BCUT2D eigenvalue weighted by Crippen LogP contribution is 2.23. The molecular weight excluding hydrogens is 328 g/mol. The van der Waals surface area contributed by atoms with Gasteiger partial charge in [-0.2, -0.15) is 0 Å². The van der Waals surface area contributed by atoms with Gasteiger partial charge < -0.3 is 14.9 Å². The minimum atomic E-state index is -0.667. The summed E-state index contributed by atoms with van der Waals surface area (Å²) in [5.41, 5.74) is 1.83. The number of anilines is 2. The van der Waals surface area contributed by atoms with Gasteiger partial charge in [-0.3, -0.25) is 4.98 Å². The molecule has 1 saturated heterocycles. The maximum absolute atomic E-state index is 9.72. The molecule has 3 heterocycles. The molecule has 0 aliphatic carbocycles. The zero-order valence-corrected chi connectivity index (χ0v) is 14.9. The topological polar surface area (TPSA) is 78.3 Å². The van der Waals surface area contributed by atoms with Crippen LogP contribution in [0.5, 0.6) is 0 Å². The average Bonchev–Trinajstić information content (AvgIpc) is 2.67. The van der Waals surface area contributed by atoms with E-state index < -0.39 is 6.10 Å². The Kier molecular flexibility index (Phi) is 4.38. The van der Waals surface area contributed by atoms with E-state index in [-0.39, 0.29) is 6.04 Å². The molecule has 4 rings (SSSR count). The van der Waals surface area contributed by atoms with Crippen molar-refractivity contribution in [1.29, 1.82) is 0 Å². The van der Waals surface area contributed by atoms with Crippen molar-refractivity contribution in [2.24, 2.45) is 0 Å². The van der Waals surface area contributed by atoms with E-state index in [1.807, 2.05) is 36.5 Å². The number of hydrogen-bond donors (Lipinski definition) is 1. The molecule has 1 aromatic carbocycles. The number of para-hydroxylation sites is 2. The van der Waals surface area contributed by atoms with Gasteiger partial charge in [0.05, 0.1) is 17.2 Å². The Morgan fingerprint density at radius 2 is 1.85 bits per heavy atom. The summed E-state index contributed by atoms with van der Waals surface area (Å²) in [6.07, 6.45) is 2.89. The first-order valence-electron chi connectivity index (χ1n) is 8.86. The van der Waals surface area contributed by atoms with Crippen molar-refractivity contribution in [1.82, 2.24) is 19.9 Å². The number of aromatic nitrogens is 4. The van der Waals surface area contributed by atoms with Crippen LogP contribution in [0, 0.1) is 0 Å². The predicted octanol–water partition coefficient (Wildman–Crippen LogP) is 2.19. The molecule has 26 heavy (non-hydrogen) atoms. The lowest BCUT2D eigenvalue weighted by molar-refractivity contribution is 0.189. The van der Waals surface area contributed by atoms with E-state index >= 15 is 0 Å². The summed E-state index contributed by atoms with van der Waals surface area (Å²) < 4.78 is 0. The summed E-state index contributed by atoms with van der Waals surface area (Å²) in [6.45, 7) is 6.35. The summed E-state index contributed by atoms with van der Waals surface area (Å²) >= 11 is 0. The van der Waals surface area contributed by atoms with Crippen LogP contribution in [0.2, 0.25) is 0 Å². The fraction of sp³-hybridized carbons (Fsp3) is 0.368. The highest BCUT2D eigenvalue weighted by atomic mass is 16.3. The third-order valence-corrected chi connectivity index (χ3v) is 4.71. The van der Waals surface area contributed by atoms with Crippen molar-refractivity contribution in [2.75, 3.05) is 29.4 Å². The minimum Gasteiger partial charge on any atom is -0.385 e. The molecule has 0 bridgehead atoms. The van der Waals surface area contributed by atoms with Crippen molar-refractivity contribution in [3.05, 3.63) is 48.5 Å². The zero-order valence-electron chi connectivity index (χ0n) is 14.9. The maximum atomic E-state index is 9.72. The molecular formula is C19H22N6O. The second-order valence-electron chi connectivity index (χ2n) is 6.65. The third kappa shape index (κ3) is 3.17. The first kappa shape index (κ1) is 16.7. The molecule has 2 aromatic heterocycles. The molecule has 7 nitrogen and oxygen atoms in total. The van der Waals surface area contributed by atoms with Crippen molar-refractivity contribution >= 4 is 22.7 Å². The summed E-state index contributed by atoms with van der Waals surface area (Å²) in [5.74, 6) is 2.22. The Morgan fingerprint density at radius 3 is 2.62 bits per heavy atom. The number of fused-ring (bicyclic) bond motifs is 1. The van der Waals surface area contributed by atoms with E-state index in [0.717, 1.165) is 42.3 Å². The number of aliphatic hydroxyl groups excluding tert-OH is 1. The van der Waals surface area contributed by atoms with E-state index in [9.17, 15) is 5.11 Å². The van der Waals surface area contributed by atoms with Crippen molar-refractivity contribution in [3.63, 3.8) is 0 Å². The quantitative estimate of drug-likeness (QED) is 0.776. The largest absolute Gasteiger partial charge is 0.385 e.